The molecule has 4 aliphatic rings. The highest BCUT2D eigenvalue weighted by Gasteiger charge is 2.52. The highest BCUT2D eigenvalue weighted by atomic mass is 14.6. The summed E-state index contributed by atoms with van der Waals surface area (Å²) >= 11 is 0. The number of rotatable bonds is 0. The van der Waals surface area contributed by atoms with Crippen LogP contribution < -0.4 is 0 Å². The molecule has 0 aromatic heterocycles. The molecular formula is C15H21. The lowest BCUT2D eigenvalue weighted by Crippen LogP contribution is -2.25. The molecule has 0 aromatic rings. The van der Waals surface area contributed by atoms with Crippen LogP contribution in [0, 0.1) is 35.5 Å². The smallest absolute Gasteiger partial charge is 0.00812 e. The molecule has 0 aliphatic heterocycles. The van der Waals surface area contributed by atoms with Crippen LogP contribution in [0.2, 0.25) is 0 Å². The van der Waals surface area contributed by atoms with Crippen molar-refractivity contribution >= 4 is 0 Å². The largest absolute Gasteiger partial charge is 0.0839 e. The monoisotopic (exact) mass is 201 g/mol. The first-order valence-electron chi connectivity index (χ1n) is 6.90. The normalized spacial score (nSPS) is 56.5. The van der Waals surface area contributed by atoms with Gasteiger partial charge in [-0.05, 0) is 67.6 Å². The number of hydrogen-bond donors (Lipinski definition) is 0. The summed E-state index contributed by atoms with van der Waals surface area (Å²) in [5.41, 5.74) is 0.634. The van der Waals surface area contributed by atoms with Crippen molar-refractivity contribution in [2.24, 2.45) is 29.1 Å². The first-order chi connectivity index (χ1) is 7.37. The summed E-state index contributed by atoms with van der Waals surface area (Å²) in [5, 5.41) is 0. The highest BCUT2D eigenvalue weighted by Crippen LogP contribution is 2.62. The molecule has 15 heavy (non-hydrogen) atoms. The minimum Gasteiger partial charge on any atom is -0.0839 e. The molecule has 4 aliphatic carbocycles. The third-order valence-corrected chi connectivity index (χ3v) is 5.81. The molecule has 81 valence electrons. The van der Waals surface area contributed by atoms with Gasteiger partial charge in [0.2, 0.25) is 0 Å². The van der Waals surface area contributed by atoms with Gasteiger partial charge in [-0.2, -0.15) is 0 Å². The van der Waals surface area contributed by atoms with Crippen LogP contribution in [0.25, 0.3) is 0 Å². The quantitative estimate of drug-likeness (QED) is 0.556. The first-order valence-corrected chi connectivity index (χ1v) is 6.90. The van der Waals surface area contributed by atoms with E-state index in [2.05, 4.69) is 18.6 Å². The van der Waals surface area contributed by atoms with Crippen LogP contribution in [0.15, 0.2) is 12.2 Å². The molecule has 1 radical (unpaired) electrons. The lowest BCUT2D eigenvalue weighted by atomic mass is 9.70. The van der Waals surface area contributed by atoms with Crippen LogP contribution in [0.4, 0.5) is 0 Å². The molecule has 0 heteroatoms. The van der Waals surface area contributed by atoms with E-state index in [4.69, 9.17) is 0 Å². The van der Waals surface area contributed by atoms with E-state index in [1.807, 2.05) is 0 Å². The fourth-order valence-electron chi connectivity index (χ4n) is 4.86. The van der Waals surface area contributed by atoms with Crippen molar-refractivity contribution in [3.63, 3.8) is 0 Å². The molecule has 3 fully saturated rings. The molecule has 0 nitrogen and oxygen atoms in total. The molecule has 1 spiro atoms. The molecule has 0 N–H and O–H groups in total. The van der Waals surface area contributed by atoms with Gasteiger partial charge in [-0.3, -0.25) is 0 Å². The third kappa shape index (κ3) is 1.20. The van der Waals surface area contributed by atoms with Gasteiger partial charge in [0.15, 0.2) is 0 Å². The van der Waals surface area contributed by atoms with Crippen LogP contribution in [-0.2, 0) is 0 Å². The predicted octanol–water partition coefficient (Wildman–Crippen LogP) is 3.98. The Kier molecular flexibility index (Phi) is 1.71. The SMILES string of the molecule is [CH]1C=CC23CCC4CC4C(CCCC12)C3. The first kappa shape index (κ1) is 8.84. The van der Waals surface area contributed by atoms with Crippen LogP contribution in [-0.4, -0.2) is 0 Å². The number of hydrogen-bond acceptors (Lipinski definition) is 0. The summed E-state index contributed by atoms with van der Waals surface area (Å²) in [6, 6.07) is 0. The van der Waals surface area contributed by atoms with Crippen molar-refractivity contribution in [3.8, 4) is 0 Å². The summed E-state index contributed by atoms with van der Waals surface area (Å²) in [6.07, 6.45) is 18.1. The lowest BCUT2D eigenvalue weighted by molar-refractivity contribution is 0.215. The Bertz CT molecular complexity index is 303. The van der Waals surface area contributed by atoms with Crippen molar-refractivity contribution in [1.29, 1.82) is 0 Å². The van der Waals surface area contributed by atoms with Gasteiger partial charge < -0.3 is 0 Å². The van der Waals surface area contributed by atoms with Crippen molar-refractivity contribution in [2.45, 2.75) is 44.9 Å². The summed E-state index contributed by atoms with van der Waals surface area (Å²) in [4.78, 5) is 0. The van der Waals surface area contributed by atoms with Gasteiger partial charge in [-0.25, -0.2) is 0 Å². The predicted molar refractivity (Wildman–Crippen MR) is 62.2 cm³/mol. The molecule has 0 aromatic carbocycles. The Balaban J connectivity index is 1.71. The third-order valence-electron chi connectivity index (χ3n) is 5.81. The number of fused-ring (bicyclic) bond motifs is 3. The van der Waals surface area contributed by atoms with Crippen LogP contribution in [0.5, 0.6) is 0 Å². The van der Waals surface area contributed by atoms with E-state index in [1.54, 1.807) is 12.8 Å². The van der Waals surface area contributed by atoms with Gasteiger partial charge in [0.1, 0.15) is 0 Å². The van der Waals surface area contributed by atoms with Crippen molar-refractivity contribution in [1.82, 2.24) is 0 Å². The second kappa shape index (κ2) is 2.90. The van der Waals surface area contributed by atoms with E-state index >= 15 is 0 Å². The Morgan fingerprint density at radius 3 is 3.07 bits per heavy atom. The highest BCUT2D eigenvalue weighted by molar-refractivity contribution is 5.22. The fraction of sp³-hybridized carbons (Fsp3) is 0.800. The van der Waals surface area contributed by atoms with E-state index in [0.29, 0.717) is 5.41 Å². The molecular weight excluding hydrogens is 180 g/mol. The molecule has 5 atom stereocenters. The zero-order valence-corrected chi connectivity index (χ0v) is 9.49. The van der Waals surface area contributed by atoms with Crippen molar-refractivity contribution < 1.29 is 0 Å². The average Bonchev–Trinajstić information content (AvgIpc) is 2.96. The fourth-order valence-corrected chi connectivity index (χ4v) is 4.86. The maximum Gasteiger partial charge on any atom is -0.00812 e. The van der Waals surface area contributed by atoms with Crippen LogP contribution in [0.3, 0.4) is 0 Å². The van der Waals surface area contributed by atoms with Gasteiger partial charge in [-0.15, -0.1) is 0 Å². The molecule has 5 unspecified atom stereocenters. The molecule has 0 saturated heterocycles. The molecule has 0 heterocycles. The van der Waals surface area contributed by atoms with E-state index in [0.717, 1.165) is 23.7 Å². The topological polar surface area (TPSA) is 0 Å². The molecule has 3 saturated carbocycles. The Labute approximate surface area is 93.1 Å². The summed E-state index contributed by atoms with van der Waals surface area (Å²) in [6.45, 7) is 0. The minimum absolute atomic E-state index is 0.634. The molecule has 2 bridgehead atoms. The van der Waals surface area contributed by atoms with Gasteiger partial charge in [-0.1, -0.05) is 25.0 Å². The average molecular weight is 201 g/mol. The second-order valence-corrected chi connectivity index (χ2v) is 6.48. The Morgan fingerprint density at radius 2 is 2.07 bits per heavy atom. The standard InChI is InChI=1S/C15H21/c1-3-12-10-15(7-2-5-13(15)4-1)8-6-11-9-14(11)12/h2,5,7,11-14H,1,3-4,6,8-10H2. The van der Waals surface area contributed by atoms with Gasteiger partial charge in [0.05, 0.1) is 0 Å². The molecule has 4 rings (SSSR count). The zero-order chi connectivity index (χ0) is 9.88. The second-order valence-electron chi connectivity index (χ2n) is 6.48. The van der Waals surface area contributed by atoms with E-state index in [-0.39, 0.29) is 0 Å². The minimum atomic E-state index is 0.634. The molecule has 0 amide bonds. The zero-order valence-electron chi connectivity index (χ0n) is 9.49. The Hall–Kier alpha value is -0.260. The summed E-state index contributed by atoms with van der Waals surface area (Å²) in [5.74, 6) is 4.30. The van der Waals surface area contributed by atoms with Gasteiger partial charge in [0.25, 0.3) is 0 Å². The van der Waals surface area contributed by atoms with Crippen LogP contribution >= 0.6 is 0 Å². The van der Waals surface area contributed by atoms with E-state index in [1.165, 1.54) is 32.1 Å². The summed E-state index contributed by atoms with van der Waals surface area (Å²) in [7, 11) is 0. The van der Waals surface area contributed by atoms with Gasteiger partial charge in [0, 0.05) is 0 Å². The maximum absolute atomic E-state index is 2.58. The maximum atomic E-state index is 2.58. The Morgan fingerprint density at radius 1 is 1.07 bits per heavy atom. The lowest BCUT2D eigenvalue weighted by Gasteiger charge is -2.34. The number of allylic oxidation sites excluding steroid dienone is 2. The van der Waals surface area contributed by atoms with E-state index < -0.39 is 0 Å². The van der Waals surface area contributed by atoms with Crippen molar-refractivity contribution in [2.75, 3.05) is 0 Å². The van der Waals surface area contributed by atoms with Crippen molar-refractivity contribution in [3.05, 3.63) is 18.6 Å². The summed E-state index contributed by atoms with van der Waals surface area (Å²) < 4.78 is 0. The van der Waals surface area contributed by atoms with Crippen LogP contribution in [0.1, 0.15) is 44.9 Å². The van der Waals surface area contributed by atoms with E-state index in [9.17, 15) is 0 Å². The van der Waals surface area contributed by atoms with Gasteiger partial charge >= 0.3 is 0 Å².